The van der Waals surface area contributed by atoms with Crippen LogP contribution in [0.2, 0.25) is 0 Å². The molecule has 0 radical (unpaired) electrons. The largest absolute Gasteiger partial charge is 0.356 e. The Balaban J connectivity index is 0.00000208. The van der Waals surface area contributed by atoms with E-state index in [0.29, 0.717) is 30.6 Å². The summed E-state index contributed by atoms with van der Waals surface area (Å²) in [6.45, 7) is 1.35. The fraction of sp³-hybridized carbons (Fsp3) is 0.688. The quantitative estimate of drug-likeness (QED) is 0.384. The lowest BCUT2D eigenvalue weighted by molar-refractivity contribution is 0.553. The SMILES string of the molecule is I.O=S1(=O)CCC(CNC(=NCc2cccs2)NC2CCCC2)C1. The molecule has 1 aliphatic carbocycles. The Morgan fingerprint density at radius 1 is 1.29 bits per heavy atom. The smallest absolute Gasteiger partial charge is 0.191 e. The molecule has 0 bridgehead atoms. The van der Waals surface area contributed by atoms with Gasteiger partial charge in [-0.1, -0.05) is 18.9 Å². The number of rotatable bonds is 5. The van der Waals surface area contributed by atoms with Crippen molar-refractivity contribution in [3.63, 3.8) is 0 Å². The van der Waals surface area contributed by atoms with E-state index in [1.54, 1.807) is 11.3 Å². The number of guanidine groups is 1. The highest BCUT2D eigenvalue weighted by atomic mass is 127. The number of hydrogen-bond donors (Lipinski definition) is 2. The lowest BCUT2D eigenvalue weighted by Crippen LogP contribution is -2.44. The first-order valence-electron chi connectivity index (χ1n) is 8.38. The molecule has 1 aliphatic heterocycles. The van der Waals surface area contributed by atoms with E-state index in [9.17, 15) is 8.42 Å². The summed E-state index contributed by atoms with van der Waals surface area (Å²) in [6, 6.07) is 4.62. The Morgan fingerprint density at radius 2 is 2.08 bits per heavy atom. The molecule has 24 heavy (non-hydrogen) atoms. The number of nitrogens with zero attached hydrogens (tertiary/aromatic N) is 1. The monoisotopic (exact) mass is 483 g/mol. The molecule has 1 aromatic rings. The van der Waals surface area contributed by atoms with Gasteiger partial charge in [-0.3, -0.25) is 0 Å². The number of halogens is 1. The Kier molecular flexibility index (Phi) is 7.80. The molecule has 3 rings (SSSR count). The van der Waals surface area contributed by atoms with E-state index in [1.807, 2.05) is 6.07 Å². The average Bonchev–Trinajstić information content (AvgIpc) is 3.24. The van der Waals surface area contributed by atoms with E-state index in [1.165, 1.54) is 30.6 Å². The van der Waals surface area contributed by atoms with Gasteiger partial charge in [0.15, 0.2) is 15.8 Å². The first-order valence-corrected chi connectivity index (χ1v) is 11.1. The normalized spacial score (nSPS) is 23.8. The van der Waals surface area contributed by atoms with Gasteiger partial charge in [-0.05, 0) is 36.6 Å². The van der Waals surface area contributed by atoms with Crippen molar-refractivity contribution < 1.29 is 8.42 Å². The molecule has 1 unspecified atom stereocenters. The molecule has 136 valence electrons. The summed E-state index contributed by atoms with van der Waals surface area (Å²) >= 11 is 1.71. The Morgan fingerprint density at radius 3 is 2.71 bits per heavy atom. The highest BCUT2D eigenvalue weighted by Gasteiger charge is 2.28. The standard InChI is InChI=1S/C16H25N3O2S2.HI/c20-23(21)9-7-13(12-23)10-17-16(19-14-4-1-2-5-14)18-11-15-6-3-8-22-15;/h3,6,8,13-14H,1-2,4-5,7,9-12H2,(H2,17,18,19);1H. The van der Waals surface area contributed by atoms with Crippen LogP contribution in [0.5, 0.6) is 0 Å². The highest BCUT2D eigenvalue weighted by Crippen LogP contribution is 2.19. The summed E-state index contributed by atoms with van der Waals surface area (Å²) in [6.07, 6.45) is 5.69. The van der Waals surface area contributed by atoms with Gasteiger partial charge < -0.3 is 10.6 Å². The second kappa shape index (κ2) is 9.38. The minimum atomic E-state index is -2.81. The molecule has 2 aliphatic rings. The average molecular weight is 483 g/mol. The van der Waals surface area contributed by atoms with Crippen LogP contribution in [-0.2, 0) is 16.4 Å². The van der Waals surface area contributed by atoms with E-state index < -0.39 is 9.84 Å². The summed E-state index contributed by atoms with van der Waals surface area (Å²) in [5.74, 6) is 1.67. The van der Waals surface area contributed by atoms with Crippen molar-refractivity contribution in [3.05, 3.63) is 22.4 Å². The van der Waals surface area contributed by atoms with E-state index in [4.69, 9.17) is 0 Å². The van der Waals surface area contributed by atoms with Gasteiger partial charge in [0.1, 0.15) is 0 Å². The van der Waals surface area contributed by atoms with Crippen LogP contribution in [0, 0.1) is 5.92 Å². The Bertz CT molecular complexity index is 626. The zero-order valence-electron chi connectivity index (χ0n) is 13.7. The summed E-state index contributed by atoms with van der Waals surface area (Å²) < 4.78 is 23.1. The zero-order chi connectivity index (χ0) is 16.1. The zero-order valence-corrected chi connectivity index (χ0v) is 17.7. The van der Waals surface area contributed by atoms with Gasteiger partial charge in [0, 0.05) is 17.5 Å². The fourth-order valence-corrected chi connectivity index (χ4v) is 5.74. The molecule has 0 spiro atoms. The van der Waals surface area contributed by atoms with Crippen molar-refractivity contribution in [1.82, 2.24) is 10.6 Å². The molecule has 5 nitrogen and oxygen atoms in total. The van der Waals surface area contributed by atoms with E-state index >= 15 is 0 Å². The molecule has 1 saturated carbocycles. The summed E-state index contributed by atoms with van der Waals surface area (Å²) in [5.41, 5.74) is 0. The number of nitrogens with one attached hydrogen (secondary N) is 2. The van der Waals surface area contributed by atoms with E-state index in [0.717, 1.165) is 12.4 Å². The Hall–Kier alpha value is -0.350. The van der Waals surface area contributed by atoms with Gasteiger partial charge in [-0.15, -0.1) is 35.3 Å². The minimum absolute atomic E-state index is 0. The predicted molar refractivity (Wildman–Crippen MR) is 111 cm³/mol. The second-order valence-corrected chi connectivity index (χ2v) is 9.78. The van der Waals surface area contributed by atoms with Crippen molar-refractivity contribution in [1.29, 1.82) is 0 Å². The van der Waals surface area contributed by atoms with Crippen LogP contribution in [0.3, 0.4) is 0 Å². The highest BCUT2D eigenvalue weighted by molar-refractivity contribution is 14.0. The van der Waals surface area contributed by atoms with Crippen LogP contribution in [-0.4, -0.2) is 38.5 Å². The van der Waals surface area contributed by atoms with Crippen LogP contribution < -0.4 is 10.6 Å². The molecule has 2 heterocycles. The molecular formula is C16H26IN3O2S2. The molecule has 1 aromatic heterocycles. The van der Waals surface area contributed by atoms with Gasteiger partial charge in [0.25, 0.3) is 0 Å². The molecule has 2 fully saturated rings. The first kappa shape index (κ1) is 20.0. The minimum Gasteiger partial charge on any atom is -0.356 e. The first-order chi connectivity index (χ1) is 11.1. The van der Waals surface area contributed by atoms with Gasteiger partial charge in [-0.25, -0.2) is 13.4 Å². The van der Waals surface area contributed by atoms with Crippen LogP contribution in [0.4, 0.5) is 0 Å². The number of hydrogen-bond acceptors (Lipinski definition) is 4. The lowest BCUT2D eigenvalue weighted by atomic mass is 10.1. The molecule has 2 N–H and O–H groups in total. The van der Waals surface area contributed by atoms with Gasteiger partial charge in [0.2, 0.25) is 0 Å². The molecule has 0 amide bonds. The van der Waals surface area contributed by atoms with Crippen molar-refractivity contribution in [2.24, 2.45) is 10.9 Å². The van der Waals surface area contributed by atoms with Crippen LogP contribution in [0.25, 0.3) is 0 Å². The molecule has 8 heteroatoms. The van der Waals surface area contributed by atoms with E-state index in [2.05, 4.69) is 27.1 Å². The van der Waals surface area contributed by atoms with Crippen molar-refractivity contribution in [2.75, 3.05) is 18.1 Å². The van der Waals surface area contributed by atoms with Crippen LogP contribution in [0.15, 0.2) is 22.5 Å². The molecule has 0 aromatic carbocycles. The second-order valence-electron chi connectivity index (χ2n) is 6.52. The third-order valence-corrected chi connectivity index (χ3v) is 7.25. The maximum absolute atomic E-state index is 11.6. The number of thiophene rings is 1. The lowest BCUT2D eigenvalue weighted by Gasteiger charge is -2.19. The van der Waals surface area contributed by atoms with Crippen LogP contribution >= 0.6 is 35.3 Å². The summed E-state index contributed by atoms with van der Waals surface area (Å²) in [7, 11) is -2.81. The third kappa shape index (κ3) is 6.18. The van der Waals surface area contributed by atoms with Crippen LogP contribution in [0.1, 0.15) is 37.0 Å². The van der Waals surface area contributed by atoms with Crippen molar-refractivity contribution >= 4 is 51.1 Å². The number of sulfone groups is 1. The van der Waals surface area contributed by atoms with Gasteiger partial charge >= 0.3 is 0 Å². The van der Waals surface area contributed by atoms with Crippen molar-refractivity contribution in [3.8, 4) is 0 Å². The number of aliphatic imine (C=N–C) groups is 1. The van der Waals surface area contributed by atoms with Crippen molar-refractivity contribution in [2.45, 2.75) is 44.7 Å². The third-order valence-electron chi connectivity index (χ3n) is 4.55. The van der Waals surface area contributed by atoms with Gasteiger partial charge in [-0.2, -0.15) is 0 Å². The summed E-state index contributed by atoms with van der Waals surface area (Å²) in [4.78, 5) is 5.92. The predicted octanol–water partition coefficient (Wildman–Crippen LogP) is 2.78. The maximum Gasteiger partial charge on any atom is 0.191 e. The van der Waals surface area contributed by atoms with Gasteiger partial charge in [0.05, 0.1) is 18.1 Å². The van der Waals surface area contributed by atoms with E-state index in [-0.39, 0.29) is 29.9 Å². The Labute approximate surface area is 165 Å². The maximum atomic E-state index is 11.6. The topological polar surface area (TPSA) is 70.6 Å². The molecule has 1 saturated heterocycles. The fourth-order valence-electron chi connectivity index (χ4n) is 3.25. The molecular weight excluding hydrogens is 457 g/mol. The summed E-state index contributed by atoms with van der Waals surface area (Å²) in [5, 5.41) is 8.95. The molecule has 1 atom stereocenters.